The number of ether oxygens (including phenoxy) is 1. The van der Waals surface area contributed by atoms with Crippen LogP contribution in [0.2, 0.25) is 0 Å². The van der Waals surface area contributed by atoms with Crippen LogP contribution < -0.4 is 10.1 Å². The molecule has 1 atom stereocenters. The molecule has 0 saturated carbocycles. The average molecular weight is 452 g/mol. The van der Waals surface area contributed by atoms with Crippen molar-refractivity contribution < 1.29 is 14.3 Å². The zero-order valence-electron chi connectivity index (χ0n) is 17.9. The van der Waals surface area contributed by atoms with Gasteiger partial charge in [-0.25, -0.2) is 4.98 Å². The van der Waals surface area contributed by atoms with E-state index in [1.807, 2.05) is 24.4 Å². The van der Waals surface area contributed by atoms with Crippen LogP contribution in [0.4, 0.5) is 0 Å². The van der Waals surface area contributed by atoms with E-state index in [9.17, 15) is 9.59 Å². The number of carbonyl (C=O) groups is 2. The van der Waals surface area contributed by atoms with Gasteiger partial charge in [0, 0.05) is 48.3 Å². The summed E-state index contributed by atoms with van der Waals surface area (Å²) in [5, 5.41) is 5.78. The maximum absolute atomic E-state index is 12.7. The summed E-state index contributed by atoms with van der Waals surface area (Å²) in [6, 6.07) is 7.36. The Morgan fingerprint density at radius 3 is 2.88 bits per heavy atom. The van der Waals surface area contributed by atoms with E-state index in [1.165, 1.54) is 11.3 Å². The highest BCUT2D eigenvalue weighted by molar-refractivity contribution is 7.09. The molecule has 3 aromatic heterocycles. The predicted octanol–water partition coefficient (Wildman–Crippen LogP) is 2.84. The Morgan fingerprint density at radius 1 is 1.25 bits per heavy atom. The van der Waals surface area contributed by atoms with Crippen molar-refractivity contribution in [1.29, 1.82) is 0 Å². The smallest absolute Gasteiger partial charge is 0.260 e. The highest BCUT2D eigenvalue weighted by atomic mass is 32.1. The van der Waals surface area contributed by atoms with E-state index < -0.39 is 0 Å². The van der Waals surface area contributed by atoms with Crippen LogP contribution in [-0.4, -0.2) is 51.4 Å². The molecule has 0 spiro atoms. The monoisotopic (exact) mass is 451 g/mol. The third-order valence-electron chi connectivity index (χ3n) is 5.33. The number of carbonyl (C=O) groups excluding carboxylic acids is 2. The van der Waals surface area contributed by atoms with Crippen LogP contribution in [0.3, 0.4) is 0 Å². The summed E-state index contributed by atoms with van der Waals surface area (Å²) in [5.41, 5.74) is 2.77. The van der Waals surface area contributed by atoms with Crippen LogP contribution in [-0.2, 0) is 16.1 Å². The van der Waals surface area contributed by atoms with Gasteiger partial charge in [-0.1, -0.05) is 0 Å². The number of nitrogens with zero attached hydrogens (tertiary/aromatic N) is 4. The molecule has 1 aliphatic rings. The zero-order chi connectivity index (χ0) is 22.3. The summed E-state index contributed by atoms with van der Waals surface area (Å²) >= 11 is 1.51. The van der Waals surface area contributed by atoms with Crippen LogP contribution in [0.25, 0.3) is 11.3 Å². The van der Waals surface area contributed by atoms with Gasteiger partial charge in [-0.15, -0.1) is 11.3 Å². The molecule has 166 valence electrons. The molecule has 1 saturated heterocycles. The highest BCUT2D eigenvalue weighted by Crippen LogP contribution is 2.22. The third-order valence-corrected chi connectivity index (χ3v) is 6.18. The molecular weight excluding hydrogens is 426 g/mol. The minimum atomic E-state index is -0.227. The van der Waals surface area contributed by atoms with E-state index in [-0.39, 0.29) is 24.3 Å². The van der Waals surface area contributed by atoms with Crippen molar-refractivity contribution in [2.24, 2.45) is 5.92 Å². The number of aromatic nitrogens is 3. The molecule has 1 aliphatic heterocycles. The van der Waals surface area contributed by atoms with Gasteiger partial charge in [0.05, 0.1) is 18.2 Å². The quantitative estimate of drug-likeness (QED) is 0.593. The van der Waals surface area contributed by atoms with Crippen LogP contribution in [0.15, 0.2) is 48.2 Å². The van der Waals surface area contributed by atoms with Crippen LogP contribution >= 0.6 is 11.3 Å². The Labute approximate surface area is 190 Å². The van der Waals surface area contributed by atoms with Crippen molar-refractivity contribution in [2.75, 3.05) is 19.7 Å². The number of piperidine rings is 1. The lowest BCUT2D eigenvalue weighted by Crippen LogP contribution is -2.46. The average Bonchev–Trinajstić information content (AvgIpc) is 3.31. The SMILES string of the molecule is Cc1ccc(-c2csc(CNC(=O)[C@H]3CCCN(C(=O)COc4ccncc4)C3)n2)cn1. The lowest BCUT2D eigenvalue weighted by atomic mass is 9.97. The van der Waals surface area contributed by atoms with Crippen molar-refractivity contribution in [3.8, 4) is 17.0 Å². The van der Waals surface area contributed by atoms with E-state index in [0.717, 1.165) is 34.8 Å². The van der Waals surface area contributed by atoms with Gasteiger partial charge in [-0.3, -0.25) is 19.6 Å². The fourth-order valence-corrected chi connectivity index (χ4v) is 4.28. The van der Waals surface area contributed by atoms with Crippen molar-refractivity contribution in [3.63, 3.8) is 0 Å². The van der Waals surface area contributed by atoms with Crippen LogP contribution in [0.5, 0.6) is 5.75 Å². The molecule has 0 aromatic carbocycles. The molecule has 3 aromatic rings. The van der Waals surface area contributed by atoms with Gasteiger partial charge in [-0.2, -0.15) is 0 Å². The molecule has 2 amide bonds. The summed E-state index contributed by atoms with van der Waals surface area (Å²) < 4.78 is 5.52. The van der Waals surface area contributed by atoms with E-state index in [2.05, 4.69) is 20.3 Å². The first-order valence-electron chi connectivity index (χ1n) is 10.5. The number of amides is 2. The number of rotatable bonds is 7. The fraction of sp³-hybridized carbons (Fsp3) is 0.348. The van der Waals surface area contributed by atoms with Gasteiger partial charge in [0.1, 0.15) is 10.8 Å². The lowest BCUT2D eigenvalue weighted by molar-refractivity contribution is -0.137. The molecule has 8 nitrogen and oxygen atoms in total. The first-order valence-corrected chi connectivity index (χ1v) is 11.4. The molecule has 4 heterocycles. The number of pyridine rings is 2. The Bertz CT molecular complexity index is 1060. The fourth-order valence-electron chi connectivity index (χ4n) is 3.54. The standard InChI is InChI=1S/C23H25N5O3S/c1-16-4-5-17(11-25-16)20-15-32-21(27-20)12-26-23(30)18-3-2-10-28(13-18)22(29)14-31-19-6-8-24-9-7-19/h4-9,11,15,18H,2-3,10,12-14H2,1H3,(H,26,30)/t18-/m0/s1. The molecule has 32 heavy (non-hydrogen) atoms. The Morgan fingerprint density at radius 2 is 2.09 bits per heavy atom. The maximum Gasteiger partial charge on any atom is 0.260 e. The lowest BCUT2D eigenvalue weighted by Gasteiger charge is -2.32. The van der Waals surface area contributed by atoms with Crippen molar-refractivity contribution in [1.82, 2.24) is 25.2 Å². The molecule has 0 unspecified atom stereocenters. The van der Waals surface area contributed by atoms with Gasteiger partial charge in [-0.05, 0) is 44.0 Å². The minimum Gasteiger partial charge on any atom is -0.484 e. The predicted molar refractivity (Wildman–Crippen MR) is 121 cm³/mol. The normalized spacial score (nSPS) is 15.9. The Hall–Kier alpha value is -3.33. The van der Waals surface area contributed by atoms with Crippen molar-refractivity contribution in [2.45, 2.75) is 26.3 Å². The number of hydrogen-bond acceptors (Lipinski definition) is 7. The van der Waals surface area contributed by atoms with Crippen LogP contribution in [0.1, 0.15) is 23.5 Å². The summed E-state index contributed by atoms with van der Waals surface area (Å²) in [7, 11) is 0. The number of nitrogens with one attached hydrogen (secondary N) is 1. The van der Waals surface area contributed by atoms with E-state index in [1.54, 1.807) is 35.6 Å². The molecule has 9 heteroatoms. The minimum absolute atomic E-state index is 0.0475. The van der Waals surface area contributed by atoms with Gasteiger partial charge >= 0.3 is 0 Å². The Balaban J connectivity index is 1.26. The number of thiazole rings is 1. The van der Waals surface area contributed by atoms with E-state index >= 15 is 0 Å². The van der Waals surface area contributed by atoms with Gasteiger partial charge in [0.15, 0.2) is 6.61 Å². The summed E-state index contributed by atoms with van der Waals surface area (Å²) in [5.74, 6) is 0.208. The molecular formula is C23H25N5O3S. The number of aryl methyl sites for hydroxylation is 1. The highest BCUT2D eigenvalue weighted by Gasteiger charge is 2.28. The summed E-state index contributed by atoms with van der Waals surface area (Å²) in [4.78, 5) is 39.8. The molecule has 0 radical (unpaired) electrons. The molecule has 0 aliphatic carbocycles. The second-order valence-electron chi connectivity index (χ2n) is 7.68. The van der Waals surface area contributed by atoms with Gasteiger partial charge < -0.3 is 15.0 Å². The van der Waals surface area contributed by atoms with Crippen molar-refractivity contribution in [3.05, 3.63) is 58.9 Å². The van der Waals surface area contributed by atoms with Gasteiger partial charge in [0.25, 0.3) is 5.91 Å². The second kappa shape index (κ2) is 10.3. The summed E-state index contributed by atoms with van der Waals surface area (Å²) in [6.07, 6.45) is 6.59. The molecule has 4 rings (SSSR count). The number of hydrogen-bond donors (Lipinski definition) is 1. The topological polar surface area (TPSA) is 97.3 Å². The Kier molecular flexibility index (Phi) is 7.06. The first kappa shape index (κ1) is 21.9. The molecule has 0 bridgehead atoms. The van der Waals surface area contributed by atoms with E-state index in [0.29, 0.717) is 25.4 Å². The second-order valence-corrected chi connectivity index (χ2v) is 8.63. The summed E-state index contributed by atoms with van der Waals surface area (Å²) in [6.45, 7) is 3.32. The molecule has 1 N–H and O–H groups in total. The van der Waals surface area contributed by atoms with Crippen LogP contribution in [0, 0.1) is 12.8 Å². The van der Waals surface area contributed by atoms with E-state index in [4.69, 9.17) is 4.74 Å². The maximum atomic E-state index is 12.7. The zero-order valence-corrected chi connectivity index (χ0v) is 18.7. The largest absolute Gasteiger partial charge is 0.484 e. The number of likely N-dealkylation sites (tertiary alicyclic amines) is 1. The van der Waals surface area contributed by atoms with Crippen molar-refractivity contribution >= 4 is 23.2 Å². The molecule has 1 fully saturated rings. The third kappa shape index (κ3) is 5.67. The van der Waals surface area contributed by atoms with Gasteiger partial charge in [0.2, 0.25) is 5.91 Å². The first-order chi connectivity index (χ1) is 15.6.